The number of imidazole rings is 1. The van der Waals surface area contributed by atoms with Crippen LogP contribution in [0, 0.1) is 6.92 Å². The number of rotatable bonds is 3. The van der Waals surface area contributed by atoms with Gasteiger partial charge in [-0.3, -0.25) is 4.90 Å². The zero-order chi connectivity index (χ0) is 19.1. The van der Waals surface area contributed by atoms with E-state index < -0.39 is 0 Å². The van der Waals surface area contributed by atoms with Crippen molar-refractivity contribution in [3.8, 4) is 11.4 Å². The van der Waals surface area contributed by atoms with E-state index in [1.54, 1.807) is 0 Å². The van der Waals surface area contributed by atoms with Crippen LogP contribution in [0.3, 0.4) is 0 Å². The molecule has 28 heavy (non-hydrogen) atoms. The second-order valence-corrected chi connectivity index (χ2v) is 8.21. The molecular weight excluding hydrogens is 372 g/mol. The summed E-state index contributed by atoms with van der Waals surface area (Å²) < 4.78 is 5.50. The third-order valence-electron chi connectivity index (χ3n) is 5.93. The highest BCUT2D eigenvalue weighted by Gasteiger charge is 2.29. The van der Waals surface area contributed by atoms with Crippen LogP contribution in [0.2, 0.25) is 5.02 Å². The maximum absolute atomic E-state index is 6.55. The largest absolute Gasteiger partial charge is 0.379 e. The third-order valence-corrected chi connectivity index (χ3v) is 6.26. The summed E-state index contributed by atoms with van der Waals surface area (Å²) in [6, 6.07) is 13.2. The molecule has 146 valence electrons. The van der Waals surface area contributed by atoms with E-state index in [-0.39, 0.29) is 0 Å². The van der Waals surface area contributed by atoms with E-state index in [0.717, 1.165) is 66.8 Å². The van der Waals surface area contributed by atoms with E-state index in [2.05, 4.69) is 52.0 Å². The van der Waals surface area contributed by atoms with Gasteiger partial charge in [-0.05, 0) is 49.2 Å². The highest BCUT2D eigenvalue weighted by Crippen LogP contribution is 2.33. The predicted molar refractivity (Wildman–Crippen MR) is 114 cm³/mol. The van der Waals surface area contributed by atoms with Gasteiger partial charge >= 0.3 is 0 Å². The normalized spacial score (nSPS) is 20.9. The van der Waals surface area contributed by atoms with Gasteiger partial charge in [-0.2, -0.15) is 0 Å². The standard InChI is InChI=1S/C22H25ClN4O/c1-15-2-5-20-21(12-15)25-22(24-20)18-13-16(3-4-19(18)23)27-7-6-17(14-27)26-8-10-28-11-9-26/h2-5,12-13,17H,6-11,14H2,1H3,(H,24,25). The molecule has 5 nitrogen and oxygen atoms in total. The lowest BCUT2D eigenvalue weighted by atomic mass is 10.1. The summed E-state index contributed by atoms with van der Waals surface area (Å²) in [5.41, 5.74) is 5.41. The van der Waals surface area contributed by atoms with Crippen LogP contribution in [-0.4, -0.2) is 60.3 Å². The van der Waals surface area contributed by atoms with Crippen LogP contribution in [0.15, 0.2) is 36.4 Å². The van der Waals surface area contributed by atoms with E-state index in [9.17, 15) is 0 Å². The van der Waals surface area contributed by atoms with E-state index in [0.29, 0.717) is 6.04 Å². The molecule has 1 aromatic heterocycles. The molecule has 0 saturated carbocycles. The first kappa shape index (κ1) is 18.0. The number of nitrogens with one attached hydrogen (secondary N) is 1. The number of aromatic amines is 1. The minimum absolute atomic E-state index is 0.609. The third kappa shape index (κ3) is 3.39. The average Bonchev–Trinajstić information content (AvgIpc) is 3.36. The number of aryl methyl sites for hydroxylation is 1. The minimum atomic E-state index is 0.609. The van der Waals surface area contributed by atoms with Crippen LogP contribution in [0.1, 0.15) is 12.0 Å². The van der Waals surface area contributed by atoms with Gasteiger partial charge in [0.1, 0.15) is 5.82 Å². The molecule has 0 radical (unpaired) electrons. The lowest BCUT2D eigenvalue weighted by molar-refractivity contribution is 0.0209. The molecule has 3 aromatic rings. The van der Waals surface area contributed by atoms with E-state index in [1.807, 2.05) is 6.07 Å². The SMILES string of the molecule is Cc1ccc2nc(-c3cc(N4CCC(N5CCOCC5)C4)ccc3Cl)[nH]c2c1. The summed E-state index contributed by atoms with van der Waals surface area (Å²) in [5, 5.41) is 0.725. The lowest BCUT2D eigenvalue weighted by Crippen LogP contribution is -2.44. The van der Waals surface area contributed by atoms with Gasteiger partial charge in [0.2, 0.25) is 0 Å². The molecule has 0 amide bonds. The number of anilines is 1. The smallest absolute Gasteiger partial charge is 0.140 e. The van der Waals surface area contributed by atoms with Crippen molar-refractivity contribution in [2.75, 3.05) is 44.3 Å². The summed E-state index contributed by atoms with van der Waals surface area (Å²) in [4.78, 5) is 13.2. The Morgan fingerprint density at radius 1 is 1.11 bits per heavy atom. The fourth-order valence-corrected chi connectivity index (χ4v) is 4.57. The molecular formula is C22H25ClN4O. The van der Waals surface area contributed by atoms with E-state index in [4.69, 9.17) is 21.3 Å². The Morgan fingerprint density at radius 3 is 2.82 bits per heavy atom. The summed E-state index contributed by atoms with van der Waals surface area (Å²) >= 11 is 6.55. The topological polar surface area (TPSA) is 44.4 Å². The van der Waals surface area contributed by atoms with Crippen LogP contribution in [-0.2, 0) is 4.74 Å². The van der Waals surface area contributed by atoms with Crippen molar-refractivity contribution in [1.29, 1.82) is 0 Å². The number of nitrogens with zero attached hydrogens (tertiary/aromatic N) is 3. The summed E-state index contributed by atoms with van der Waals surface area (Å²) in [7, 11) is 0. The quantitative estimate of drug-likeness (QED) is 0.723. The molecule has 1 unspecified atom stereocenters. The fraction of sp³-hybridized carbons (Fsp3) is 0.409. The first-order valence-corrected chi connectivity index (χ1v) is 10.4. The molecule has 6 heteroatoms. The number of halogens is 1. The van der Waals surface area contributed by atoms with Gasteiger partial charge in [-0.25, -0.2) is 4.98 Å². The number of morpholine rings is 1. The van der Waals surface area contributed by atoms with Crippen molar-refractivity contribution in [2.24, 2.45) is 0 Å². The second kappa shape index (κ2) is 7.39. The van der Waals surface area contributed by atoms with Gasteiger partial charge in [0, 0.05) is 43.5 Å². The summed E-state index contributed by atoms with van der Waals surface area (Å²) in [6.45, 7) is 8.01. The van der Waals surface area contributed by atoms with Crippen LogP contribution in [0.5, 0.6) is 0 Å². The van der Waals surface area contributed by atoms with Gasteiger partial charge in [-0.15, -0.1) is 0 Å². The second-order valence-electron chi connectivity index (χ2n) is 7.81. The molecule has 0 bridgehead atoms. The van der Waals surface area contributed by atoms with Crippen molar-refractivity contribution in [1.82, 2.24) is 14.9 Å². The molecule has 2 aliphatic rings. The van der Waals surface area contributed by atoms with Gasteiger partial charge in [0.15, 0.2) is 0 Å². The molecule has 2 saturated heterocycles. The maximum Gasteiger partial charge on any atom is 0.140 e. The van der Waals surface area contributed by atoms with Crippen molar-refractivity contribution < 1.29 is 4.74 Å². The predicted octanol–water partition coefficient (Wildman–Crippen LogP) is 4.10. The Morgan fingerprint density at radius 2 is 1.96 bits per heavy atom. The van der Waals surface area contributed by atoms with Gasteiger partial charge in [0.05, 0.1) is 29.3 Å². The number of fused-ring (bicyclic) bond motifs is 1. The van der Waals surface area contributed by atoms with Crippen molar-refractivity contribution >= 4 is 28.3 Å². The number of benzene rings is 2. The van der Waals surface area contributed by atoms with Crippen LogP contribution < -0.4 is 4.90 Å². The van der Waals surface area contributed by atoms with Crippen LogP contribution in [0.25, 0.3) is 22.4 Å². The van der Waals surface area contributed by atoms with Crippen molar-refractivity contribution in [2.45, 2.75) is 19.4 Å². The fourth-order valence-electron chi connectivity index (χ4n) is 4.36. The zero-order valence-corrected chi connectivity index (χ0v) is 16.9. The molecule has 5 rings (SSSR count). The van der Waals surface area contributed by atoms with Crippen LogP contribution >= 0.6 is 11.6 Å². The number of hydrogen-bond donors (Lipinski definition) is 1. The number of H-pyrrole nitrogens is 1. The number of aromatic nitrogens is 2. The first-order chi connectivity index (χ1) is 13.7. The number of ether oxygens (including phenoxy) is 1. The van der Waals surface area contributed by atoms with Gasteiger partial charge in [-0.1, -0.05) is 17.7 Å². The summed E-state index contributed by atoms with van der Waals surface area (Å²) in [5.74, 6) is 0.830. The molecule has 0 spiro atoms. The van der Waals surface area contributed by atoms with Crippen LogP contribution in [0.4, 0.5) is 5.69 Å². The molecule has 2 aliphatic heterocycles. The first-order valence-electron chi connectivity index (χ1n) is 10.0. The zero-order valence-electron chi connectivity index (χ0n) is 16.1. The molecule has 0 aliphatic carbocycles. The monoisotopic (exact) mass is 396 g/mol. The Hall–Kier alpha value is -2.08. The molecule has 1 atom stereocenters. The van der Waals surface area contributed by atoms with Crippen molar-refractivity contribution in [3.05, 3.63) is 47.0 Å². The van der Waals surface area contributed by atoms with Crippen molar-refractivity contribution in [3.63, 3.8) is 0 Å². The highest BCUT2D eigenvalue weighted by molar-refractivity contribution is 6.33. The lowest BCUT2D eigenvalue weighted by Gasteiger charge is -2.32. The Kier molecular flexibility index (Phi) is 4.75. The molecule has 1 N–H and O–H groups in total. The Balaban J connectivity index is 1.41. The Bertz CT molecular complexity index is 995. The summed E-state index contributed by atoms with van der Waals surface area (Å²) in [6.07, 6.45) is 1.20. The maximum atomic E-state index is 6.55. The number of hydrogen-bond acceptors (Lipinski definition) is 4. The molecule has 2 fully saturated rings. The Labute approximate surface area is 170 Å². The van der Waals surface area contributed by atoms with E-state index in [1.165, 1.54) is 17.7 Å². The van der Waals surface area contributed by atoms with Gasteiger partial charge < -0.3 is 14.6 Å². The van der Waals surface area contributed by atoms with Gasteiger partial charge in [0.25, 0.3) is 0 Å². The highest BCUT2D eigenvalue weighted by atomic mass is 35.5. The average molecular weight is 397 g/mol. The van der Waals surface area contributed by atoms with E-state index >= 15 is 0 Å². The molecule has 3 heterocycles. The molecule has 2 aromatic carbocycles. The minimum Gasteiger partial charge on any atom is -0.379 e.